The summed E-state index contributed by atoms with van der Waals surface area (Å²) in [6.07, 6.45) is -0.357. The van der Waals surface area contributed by atoms with Gasteiger partial charge in [0, 0.05) is 0 Å². The van der Waals surface area contributed by atoms with Gasteiger partial charge in [-0.25, -0.2) is 0 Å². The van der Waals surface area contributed by atoms with Crippen molar-refractivity contribution in [2.45, 2.75) is 37.6 Å². The number of hydrogen-bond donors (Lipinski definition) is 1. The second-order valence-corrected chi connectivity index (χ2v) is 8.31. The van der Waals surface area contributed by atoms with Crippen LogP contribution in [0, 0.1) is 0 Å². The summed E-state index contributed by atoms with van der Waals surface area (Å²) in [5.74, 6) is 0. The molecule has 0 aliphatic rings. The maximum atomic E-state index is 10.3. The minimum atomic E-state index is -0.357. The van der Waals surface area contributed by atoms with Crippen LogP contribution in [0.5, 0.6) is 0 Å². The van der Waals surface area contributed by atoms with E-state index in [4.69, 9.17) is 0 Å². The molecule has 1 atom stereocenters. The van der Waals surface area contributed by atoms with Crippen molar-refractivity contribution in [2.24, 2.45) is 0 Å². The minimum absolute atomic E-state index is 0.164. The molecule has 2 aromatic rings. The molecular weight excluding hydrogens is 311 g/mol. The van der Waals surface area contributed by atoms with Gasteiger partial charge in [0.15, 0.2) is 0 Å². The van der Waals surface area contributed by atoms with Gasteiger partial charge in [-0.05, 0) is 0 Å². The van der Waals surface area contributed by atoms with Crippen LogP contribution in [0.25, 0.3) is 0 Å². The molecule has 0 bridgehead atoms. The molecule has 2 rings (SSSR count). The Morgan fingerprint density at radius 3 is 2.10 bits per heavy atom. The monoisotopic (exact) mass is 334 g/mol. The average molecular weight is 333 g/mol. The molecule has 0 amide bonds. The first-order chi connectivity index (χ1) is 9.47. The summed E-state index contributed by atoms with van der Waals surface area (Å²) in [7, 11) is 0. The molecule has 0 saturated heterocycles. The SMILES string of the molecule is CC(C)(C)c1ccc(C(O)C[Se]c2ccccc2)cc1. The van der Waals surface area contributed by atoms with Crippen molar-refractivity contribution in [1.29, 1.82) is 0 Å². The Kier molecular flexibility index (Phi) is 5.04. The Bertz CT molecular complexity index is 526. The standard InChI is InChI=1S/C18H22OSe/c1-18(2,3)15-11-9-14(10-12-15)17(19)13-20-16-7-5-4-6-8-16/h4-12,17,19H,13H2,1-3H3. The van der Waals surface area contributed by atoms with E-state index in [-0.39, 0.29) is 11.5 Å². The third-order valence-electron chi connectivity index (χ3n) is 3.31. The van der Waals surface area contributed by atoms with Crippen LogP contribution in [0.15, 0.2) is 54.6 Å². The molecule has 1 unspecified atom stereocenters. The molecule has 0 heterocycles. The first kappa shape index (κ1) is 15.3. The van der Waals surface area contributed by atoms with Crippen molar-refractivity contribution < 1.29 is 5.11 Å². The van der Waals surface area contributed by atoms with Gasteiger partial charge in [0.2, 0.25) is 0 Å². The number of benzene rings is 2. The van der Waals surface area contributed by atoms with Crippen LogP contribution in [0.3, 0.4) is 0 Å². The van der Waals surface area contributed by atoms with Gasteiger partial charge >= 0.3 is 128 Å². The Morgan fingerprint density at radius 2 is 1.55 bits per heavy atom. The molecular formula is C18H22OSe. The molecule has 0 radical (unpaired) electrons. The van der Waals surface area contributed by atoms with Crippen molar-refractivity contribution in [3.63, 3.8) is 0 Å². The van der Waals surface area contributed by atoms with E-state index in [9.17, 15) is 5.11 Å². The molecule has 1 nitrogen and oxygen atoms in total. The second-order valence-electron chi connectivity index (χ2n) is 6.01. The average Bonchev–Trinajstić information content (AvgIpc) is 2.45. The van der Waals surface area contributed by atoms with Gasteiger partial charge in [-0.2, -0.15) is 0 Å². The van der Waals surface area contributed by atoms with Gasteiger partial charge in [0.05, 0.1) is 0 Å². The fraction of sp³-hybridized carbons (Fsp3) is 0.333. The van der Waals surface area contributed by atoms with Crippen molar-refractivity contribution in [1.82, 2.24) is 0 Å². The fourth-order valence-corrected chi connectivity index (χ4v) is 3.87. The summed E-state index contributed by atoms with van der Waals surface area (Å²) in [5.41, 5.74) is 2.50. The maximum absolute atomic E-state index is 10.3. The number of aliphatic hydroxyl groups is 1. The van der Waals surface area contributed by atoms with E-state index in [2.05, 4.69) is 69.3 Å². The molecule has 0 spiro atoms. The quantitative estimate of drug-likeness (QED) is 0.850. The fourth-order valence-electron chi connectivity index (χ4n) is 1.99. The molecule has 0 aromatic heterocycles. The molecule has 2 aromatic carbocycles. The number of hydrogen-bond acceptors (Lipinski definition) is 1. The first-order valence-electron chi connectivity index (χ1n) is 6.93. The van der Waals surface area contributed by atoms with Crippen molar-refractivity contribution in [3.05, 3.63) is 65.7 Å². The molecule has 0 aliphatic carbocycles. The topological polar surface area (TPSA) is 20.2 Å². The van der Waals surface area contributed by atoms with Crippen molar-refractivity contribution in [3.8, 4) is 0 Å². The first-order valence-corrected chi connectivity index (χ1v) is 9.00. The van der Waals surface area contributed by atoms with Crippen LogP contribution in [-0.4, -0.2) is 20.1 Å². The van der Waals surface area contributed by atoms with Gasteiger partial charge < -0.3 is 0 Å². The zero-order valence-electron chi connectivity index (χ0n) is 12.3. The Morgan fingerprint density at radius 1 is 0.950 bits per heavy atom. The van der Waals surface area contributed by atoms with E-state index in [0.29, 0.717) is 15.0 Å². The van der Waals surface area contributed by atoms with Gasteiger partial charge in [0.25, 0.3) is 0 Å². The van der Waals surface area contributed by atoms with Crippen LogP contribution < -0.4 is 4.46 Å². The predicted octanol–water partition coefficient (Wildman–Crippen LogP) is 3.47. The third-order valence-corrected chi connectivity index (χ3v) is 5.60. The van der Waals surface area contributed by atoms with Crippen LogP contribution in [0.2, 0.25) is 5.32 Å². The zero-order valence-corrected chi connectivity index (χ0v) is 14.0. The Labute approximate surface area is 128 Å². The van der Waals surface area contributed by atoms with Gasteiger partial charge in [-0.1, -0.05) is 0 Å². The Balaban J connectivity index is 1.97. The third kappa shape index (κ3) is 4.21. The van der Waals surface area contributed by atoms with Gasteiger partial charge in [-0.3, -0.25) is 0 Å². The van der Waals surface area contributed by atoms with Crippen molar-refractivity contribution >= 4 is 19.4 Å². The van der Waals surface area contributed by atoms with E-state index < -0.39 is 0 Å². The zero-order chi connectivity index (χ0) is 14.6. The van der Waals surface area contributed by atoms with Crippen LogP contribution in [0.4, 0.5) is 0 Å². The van der Waals surface area contributed by atoms with Crippen LogP contribution in [-0.2, 0) is 5.41 Å². The van der Waals surface area contributed by atoms with Crippen LogP contribution in [0.1, 0.15) is 38.0 Å². The summed E-state index contributed by atoms with van der Waals surface area (Å²) >= 11 is 0.323. The van der Waals surface area contributed by atoms with E-state index in [0.717, 1.165) is 10.9 Å². The molecule has 0 fully saturated rings. The van der Waals surface area contributed by atoms with E-state index in [1.54, 1.807) is 0 Å². The van der Waals surface area contributed by atoms with Crippen LogP contribution >= 0.6 is 0 Å². The van der Waals surface area contributed by atoms with E-state index in [1.165, 1.54) is 10.0 Å². The molecule has 2 heteroatoms. The molecule has 106 valence electrons. The molecule has 1 N–H and O–H groups in total. The van der Waals surface area contributed by atoms with Gasteiger partial charge in [0.1, 0.15) is 0 Å². The second kappa shape index (κ2) is 6.58. The normalized spacial score (nSPS) is 13.2. The molecule has 0 saturated carbocycles. The summed E-state index contributed by atoms with van der Waals surface area (Å²) in [6.45, 7) is 6.62. The molecule has 20 heavy (non-hydrogen) atoms. The summed E-state index contributed by atoms with van der Waals surface area (Å²) < 4.78 is 1.34. The van der Waals surface area contributed by atoms with Gasteiger partial charge in [-0.15, -0.1) is 0 Å². The summed E-state index contributed by atoms with van der Waals surface area (Å²) in [5, 5.41) is 11.1. The summed E-state index contributed by atoms with van der Waals surface area (Å²) in [4.78, 5) is 0. The van der Waals surface area contributed by atoms with E-state index >= 15 is 0 Å². The predicted molar refractivity (Wildman–Crippen MR) is 86.7 cm³/mol. The molecule has 0 aliphatic heterocycles. The Hall–Kier alpha value is -1.08. The summed E-state index contributed by atoms with van der Waals surface area (Å²) in [6, 6.07) is 18.8. The van der Waals surface area contributed by atoms with E-state index in [1.807, 2.05) is 6.07 Å². The van der Waals surface area contributed by atoms with Crippen molar-refractivity contribution in [2.75, 3.05) is 0 Å². The number of aliphatic hydroxyl groups excluding tert-OH is 1. The number of rotatable bonds is 4.